The Labute approximate surface area is 161 Å². The molecule has 1 amide bonds. The zero-order valence-corrected chi connectivity index (χ0v) is 15.2. The summed E-state index contributed by atoms with van der Waals surface area (Å²) >= 11 is 11.8. The molecule has 3 aromatic rings. The van der Waals surface area contributed by atoms with Gasteiger partial charge in [-0.1, -0.05) is 72.3 Å². The number of aromatic nitrogens is 2. The van der Waals surface area contributed by atoms with Crippen LogP contribution in [0.5, 0.6) is 0 Å². The fraction of sp³-hybridized carbons (Fsp3) is 0.105. The van der Waals surface area contributed by atoms with Crippen LogP contribution in [-0.2, 0) is 17.9 Å². The molecule has 0 radical (unpaired) electrons. The molecule has 1 aromatic heterocycles. The molecular formula is C19H15Cl2N3O2. The van der Waals surface area contributed by atoms with E-state index in [9.17, 15) is 4.79 Å². The van der Waals surface area contributed by atoms with Crippen molar-refractivity contribution in [2.24, 2.45) is 0 Å². The summed E-state index contributed by atoms with van der Waals surface area (Å²) in [4.78, 5) is 22.0. The lowest BCUT2D eigenvalue weighted by atomic mass is 10.2. The second-order valence-corrected chi connectivity index (χ2v) is 6.16. The molecule has 0 spiro atoms. The van der Waals surface area contributed by atoms with E-state index in [0.717, 1.165) is 11.1 Å². The zero-order valence-electron chi connectivity index (χ0n) is 13.7. The summed E-state index contributed by atoms with van der Waals surface area (Å²) in [6.45, 7) is 0.412. The van der Waals surface area contributed by atoms with Crippen molar-refractivity contribution in [2.45, 2.75) is 13.2 Å². The Hall–Kier alpha value is -2.63. The van der Waals surface area contributed by atoms with Gasteiger partial charge in [0.1, 0.15) is 17.6 Å². The van der Waals surface area contributed by atoms with Crippen LogP contribution in [0.2, 0.25) is 10.4 Å². The summed E-state index contributed by atoms with van der Waals surface area (Å²) in [5, 5.41) is 0.107. The lowest BCUT2D eigenvalue weighted by Gasteiger charge is -2.21. The minimum atomic E-state index is -0.552. The van der Waals surface area contributed by atoms with Crippen molar-refractivity contribution < 1.29 is 9.53 Å². The highest BCUT2D eigenvalue weighted by molar-refractivity contribution is 6.32. The Morgan fingerprint density at radius 3 is 2.15 bits per heavy atom. The maximum Gasteiger partial charge on any atom is 0.416 e. The number of amides is 1. The number of carbonyl (C=O) groups is 1. The van der Waals surface area contributed by atoms with Crippen molar-refractivity contribution in [3.8, 4) is 0 Å². The monoisotopic (exact) mass is 387 g/mol. The molecule has 2 aromatic carbocycles. The first-order valence-electron chi connectivity index (χ1n) is 7.84. The third-order valence-corrected chi connectivity index (χ3v) is 3.90. The Morgan fingerprint density at radius 1 is 0.923 bits per heavy atom. The Bertz CT molecular complexity index is 856. The number of anilines is 1. The maximum absolute atomic E-state index is 12.7. The normalized spacial score (nSPS) is 10.4. The van der Waals surface area contributed by atoms with Crippen LogP contribution in [0, 0.1) is 0 Å². The van der Waals surface area contributed by atoms with Gasteiger partial charge in [0.25, 0.3) is 0 Å². The summed E-state index contributed by atoms with van der Waals surface area (Å²) < 4.78 is 5.44. The number of hydrogen-bond donors (Lipinski definition) is 0. The number of benzene rings is 2. The van der Waals surface area contributed by atoms with E-state index in [2.05, 4.69) is 9.97 Å². The molecule has 26 heavy (non-hydrogen) atoms. The zero-order chi connectivity index (χ0) is 18.4. The van der Waals surface area contributed by atoms with Crippen molar-refractivity contribution in [2.75, 3.05) is 4.90 Å². The second kappa shape index (κ2) is 8.65. The van der Waals surface area contributed by atoms with Crippen LogP contribution in [-0.4, -0.2) is 16.1 Å². The van der Waals surface area contributed by atoms with Crippen LogP contribution in [0.25, 0.3) is 0 Å². The minimum absolute atomic E-state index is 0.0404. The smallest absolute Gasteiger partial charge is 0.416 e. The van der Waals surface area contributed by atoms with Crippen molar-refractivity contribution in [3.05, 3.63) is 88.3 Å². The van der Waals surface area contributed by atoms with Crippen molar-refractivity contribution in [1.82, 2.24) is 9.97 Å². The first kappa shape index (κ1) is 18.2. The molecule has 0 aliphatic rings. The van der Waals surface area contributed by atoms with Crippen molar-refractivity contribution >= 4 is 35.1 Å². The van der Waals surface area contributed by atoms with Gasteiger partial charge in [-0.15, -0.1) is 0 Å². The van der Waals surface area contributed by atoms with Crippen LogP contribution in [0.1, 0.15) is 11.1 Å². The number of hydrogen-bond acceptors (Lipinski definition) is 4. The van der Waals surface area contributed by atoms with E-state index in [1.807, 2.05) is 60.7 Å². The van der Waals surface area contributed by atoms with Crippen LogP contribution >= 0.6 is 23.2 Å². The summed E-state index contributed by atoms with van der Waals surface area (Å²) in [6.07, 6.45) is -0.552. The van der Waals surface area contributed by atoms with Gasteiger partial charge < -0.3 is 4.74 Å². The molecule has 5 nitrogen and oxygen atoms in total. The number of ether oxygens (including phenoxy) is 1. The molecule has 0 atom stereocenters. The van der Waals surface area contributed by atoms with Gasteiger partial charge in [-0.3, -0.25) is 4.90 Å². The second-order valence-electron chi connectivity index (χ2n) is 5.43. The van der Waals surface area contributed by atoms with Crippen LogP contribution in [0.4, 0.5) is 10.6 Å². The molecule has 1 heterocycles. The van der Waals surface area contributed by atoms with Gasteiger partial charge in [0, 0.05) is 6.07 Å². The Morgan fingerprint density at radius 2 is 1.54 bits per heavy atom. The third kappa shape index (κ3) is 4.94. The lowest BCUT2D eigenvalue weighted by Crippen LogP contribution is -2.31. The SMILES string of the molecule is O=C(OCc1ccccc1)N(Cc1ccccc1)c1cc(Cl)nc(Cl)n1. The molecule has 0 bridgehead atoms. The summed E-state index contributed by atoms with van der Waals surface area (Å²) in [6, 6.07) is 20.4. The average Bonchev–Trinajstić information content (AvgIpc) is 2.65. The highest BCUT2D eigenvalue weighted by Crippen LogP contribution is 2.21. The fourth-order valence-electron chi connectivity index (χ4n) is 2.32. The molecule has 0 aliphatic carbocycles. The molecule has 0 saturated carbocycles. The third-order valence-electron chi connectivity index (χ3n) is 3.54. The number of carbonyl (C=O) groups excluding carboxylic acids is 1. The molecule has 0 N–H and O–H groups in total. The van der Waals surface area contributed by atoms with E-state index >= 15 is 0 Å². The van der Waals surface area contributed by atoms with E-state index in [-0.39, 0.29) is 29.4 Å². The fourth-order valence-corrected chi connectivity index (χ4v) is 2.72. The van der Waals surface area contributed by atoms with E-state index in [4.69, 9.17) is 27.9 Å². The molecule has 7 heteroatoms. The standard InChI is InChI=1S/C19H15Cl2N3O2/c20-16-11-17(23-18(21)22-16)24(12-14-7-3-1-4-8-14)19(25)26-13-15-9-5-2-6-10-15/h1-11H,12-13H2. The molecule has 0 fully saturated rings. The van der Waals surface area contributed by atoms with E-state index in [1.165, 1.54) is 11.0 Å². The highest BCUT2D eigenvalue weighted by Gasteiger charge is 2.20. The molecule has 0 aliphatic heterocycles. The summed E-state index contributed by atoms with van der Waals surface area (Å²) in [5.41, 5.74) is 1.80. The van der Waals surface area contributed by atoms with E-state index in [0.29, 0.717) is 0 Å². The van der Waals surface area contributed by atoms with Crippen LogP contribution in [0.3, 0.4) is 0 Å². The van der Waals surface area contributed by atoms with Gasteiger partial charge in [0.05, 0.1) is 6.54 Å². The summed E-state index contributed by atoms with van der Waals surface area (Å²) in [7, 11) is 0. The lowest BCUT2D eigenvalue weighted by molar-refractivity contribution is 0.146. The van der Waals surface area contributed by atoms with E-state index < -0.39 is 6.09 Å². The highest BCUT2D eigenvalue weighted by atomic mass is 35.5. The van der Waals surface area contributed by atoms with Gasteiger partial charge >= 0.3 is 6.09 Å². The molecule has 0 saturated heterocycles. The molecular weight excluding hydrogens is 373 g/mol. The maximum atomic E-state index is 12.7. The van der Waals surface area contributed by atoms with Crippen molar-refractivity contribution in [3.63, 3.8) is 0 Å². The van der Waals surface area contributed by atoms with Gasteiger partial charge in [-0.05, 0) is 22.7 Å². The molecule has 0 unspecified atom stereocenters. The quantitative estimate of drug-likeness (QED) is 0.449. The number of halogens is 2. The Kier molecular flexibility index (Phi) is 6.04. The predicted molar refractivity (Wildman–Crippen MR) is 101 cm³/mol. The van der Waals surface area contributed by atoms with E-state index in [1.54, 1.807) is 0 Å². The average molecular weight is 388 g/mol. The first-order chi connectivity index (χ1) is 12.6. The van der Waals surface area contributed by atoms with Gasteiger partial charge in [0.2, 0.25) is 5.28 Å². The largest absolute Gasteiger partial charge is 0.444 e. The van der Waals surface area contributed by atoms with Gasteiger partial charge in [-0.25, -0.2) is 9.78 Å². The molecule has 3 rings (SSSR count). The molecule has 132 valence electrons. The predicted octanol–water partition coefficient (Wildman–Crippen LogP) is 5.13. The number of rotatable bonds is 5. The topological polar surface area (TPSA) is 55.3 Å². The minimum Gasteiger partial charge on any atom is -0.444 e. The van der Waals surface area contributed by atoms with Gasteiger partial charge in [-0.2, -0.15) is 4.98 Å². The van der Waals surface area contributed by atoms with Crippen LogP contribution in [0.15, 0.2) is 66.7 Å². The van der Waals surface area contributed by atoms with Crippen molar-refractivity contribution in [1.29, 1.82) is 0 Å². The van der Waals surface area contributed by atoms with Gasteiger partial charge in [0.15, 0.2) is 0 Å². The first-order valence-corrected chi connectivity index (χ1v) is 8.59. The van der Waals surface area contributed by atoms with Crippen LogP contribution < -0.4 is 4.90 Å². The number of nitrogens with zero attached hydrogens (tertiary/aromatic N) is 3. The summed E-state index contributed by atoms with van der Waals surface area (Å²) in [5.74, 6) is 0.275. The Balaban J connectivity index is 1.83.